The number of benzene rings is 2. The second kappa shape index (κ2) is 11.4. The highest BCUT2D eigenvalue weighted by molar-refractivity contribution is 7.98. The molecule has 13 heteroatoms. The van der Waals surface area contributed by atoms with Crippen molar-refractivity contribution < 1.29 is 31.1 Å². The molecule has 1 heterocycles. The summed E-state index contributed by atoms with van der Waals surface area (Å²) in [5.74, 6) is 0.839. The molecule has 1 N–H and O–H groups in total. The molecule has 0 spiro atoms. The lowest BCUT2D eigenvalue weighted by molar-refractivity contribution is -0.140. The summed E-state index contributed by atoms with van der Waals surface area (Å²) < 4.78 is 79.2. The standard InChI is InChI=1S/C24H24ClF6N3OS2/c1-22(9-4-10-36-2)13-34(33-20(22)14-5-7-16(18(25)11-14)23(26,27)28)21(35)32-15-6-8-17(24(29,30)31)19(12-15)37-3/h5-8,11-12H,4,9-10,13H2,1-3H3,(H,32,35). The molecule has 37 heavy (non-hydrogen) atoms. The first-order chi connectivity index (χ1) is 17.2. The molecule has 202 valence electrons. The molecule has 1 unspecified atom stereocenters. The van der Waals surface area contributed by atoms with Gasteiger partial charge in [0, 0.05) is 16.0 Å². The second-order valence-corrected chi connectivity index (χ2v) is 10.9. The number of hydrazone groups is 1. The van der Waals surface area contributed by atoms with Gasteiger partial charge >= 0.3 is 18.4 Å². The van der Waals surface area contributed by atoms with Crippen molar-refractivity contribution in [2.45, 2.75) is 37.0 Å². The molecule has 3 rings (SSSR count). The van der Waals surface area contributed by atoms with Crippen LogP contribution >= 0.6 is 35.1 Å². The van der Waals surface area contributed by atoms with Gasteiger partial charge in [0.25, 0.3) is 0 Å². The average Bonchev–Trinajstić information content (AvgIpc) is 3.15. The first-order valence-corrected chi connectivity index (χ1v) is 14.0. The quantitative estimate of drug-likeness (QED) is 0.202. The molecule has 0 aromatic heterocycles. The Morgan fingerprint density at radius 2 is 1.73 bits per heavy atom. The maximum absolute atomic E-state index is 13.2. The monoisotopic (exact) mass is 583 g/mol. The Kier molecular flexibility index (Phi) is 9.06. The van der Waals surface area contributed by atoms with Crippen LogP contribution in [0.15, 0.2) is 46.4 Å². The average molecular weight is 584 g/mol. The maximum Gasteiger partial charge on any atom is 0.417 e. The number of alkyl halides is 6. The van der Waals surface area contributed by atoms with Crippen LogP contribution in [-0.4, -0.2) is 41.6 Å². The van der Waals surface area contributed by atoms with Crippen molar-refractivity contribution in [1.82, 2.24) is 5.01 Å². The Hall–Kier alpha value is -2.05. The molecule has 1 aliphatic rings. The molecule has 2 aromatic carbocycles. The Morgan fingerprint density at radius 3 is 2.30 bits per heavy atom. The van der Waals surface area contributed by atoms with Gasteiger partial charge in [-0.25, -0.2) is 9.80 Å². The number of carbonyl (C=O) groups excluding carboxylic acids is 1. The van der Waals surface area contributed by atoms with Crippen LogP contribution in [0.1, 0.15) is 36.5 Å². The van der Waals surface area contributed by atoms with Crippen LogP contribution in [0, 0.1) is 5.41 Å². The number of anilines is 1. The molecule has 0 aliphatic carbocycles. The molecule has 2 aromatic rings. The Bertz CT molecular complexity index is 1190. The normalized spacial score (nSPS) is 18.2. The topological polar surface area (TPSA) is 44.7 Å². The smallest absolute Gasteiger partial charge is 0.306 e. The molecule has 4 nitrogen and oxygen atoms in total. The highest BCUT2D eigenvalue weighted by Crippen LogP contribution is 2.40. The van der Waals surface area contributed by atoms with E-state index in [1.807, 2.05) is 13.2 Å². The molecular formula is C24H24ClF6N3OS2. The predicted molar refractivity (Wildman–Crippen MR) is 138 cm³/mol. The molecule has 1 atom stereocenters. The SMILES string of the molecule is CSCCCC1(C)CN(C(=O)Nc2ccc(C(F)(F)F)c(SC)c2)N=C1c1ccc(C(F)(F)F)c(Cl)c1. The molecule has 0 saturated carbocycles. The molecule has 0 radical (unpaired) electrons. The highest BCUT2D eigenvalue weighted by Gasteiger charge is 2.42. The zero-order chi connectivity index (χ0) is 27.6. The number of hydrogen-bond acceptors (Lipinski definition) is 4. The van der Waals surface area contributed by atoms with Crippen molar-refractivity contribution >= 4 is 52.6 Å². The van der Waals surface area contributed by atoms with E-state index in [2.05, 4.69) is 10.4 Å². The number of hydrogen-bond donors (Lipinski definition) is 1. The van der Waals surface area contributed by atoms with Crippen LogP contribution in [0.3, 0.4) is 0 Å². The summed E-state index contributed by atoms with van der Waals surface area (Å²) >= 11 is 8.48. The third kappa shape index (κ3) is 6.88. The summed E-state index contributed by atoms with van der Waals surface area (Å²) in [5.41, 5.74) is -1.52. The van der Waals surface area contributed by atoms with Crippen LogP contribution < -0.4 is 5.32 Å². The van der Waals surface area contributed by atoms with Gasteiger partial charge in [0.2, 0.25) is 0 Å². The van der Waals surface area contributed by atoms with Crippen LogP contribution in [-0.2, 0) is 12.4 Å². The van der Waals surface area contributed by atoms with Crippen LogP contribution in [0.5, 0.6) is 0 Å². The molecule has 0 fully saturated rings. The zero-order valence-electron chi connectivity index (χ0n) is 20.1. The van der Waals surface area contributed by atoms with Gasteiger partial charge < -0.3 is 5.32 Å². The summed E-state index contributed by atoms with van der Waals surface area (Å²) in [5, 5.41) is 7.67. The fourth-order valence-corrected chi connectivity index (χ4v) is 5.46. The minimum Gasteiger partial charge on any atom is -0.306 e. The number of carbonyl (C=O) groups is 1. The Labute approximate surface area is 224 Å². The van der Waals surface area contributed by atoms with Gasteiger partial charge in [-0.05, 0) is 67.0 Å². The van der Waals surface area contributed by atoms with E-state index in [-0.39, 0.29) is 17.1 Å². The van der Waals surface area contributed by atoms with E-state index in [1.54, 1.807) is 11.8 Å². The number of halogens is 7. The van der Waals surface area contributed by atoms with Crippen molar-refractivity contribution in [3.05, 3.63) is 58.1 Å². The highest BCUT2D eigenvalue weighted by atomic mass is 35.5. The number of nitrogens with one attached hydrogen (secondary N) is 1. The minimum atomic E-state index is -4.61. The predicted octanol–water partition coefficient (Wildman–Crippen LogP) is 8.50. The number of urea groups is 1. The largest absolute Gasteiger partial charge is 0.417 e. The summed E-state index contributed by atoms with van der Waals surface area (Å²) in [6, 6.07) is 5.98. The van der Waals surface area contributed by atoms with Gasteiger partial charge in [-0.3, -0.25) is 0 Å². The van der Waals surface area contributed by atoms with Crippen molar-refractivity contribution in [3.63, 3.8) is 0 Å². The fraction of sp³-hybridized carbons (Fsp3) is 0.417. The van der Waals surface area contributed by atoms with Gasteiger partial charge in [0.15, 0.2) is 0 Å². The van der Waals surface area contributed by atoms with Crippen LogP contribution in [0.25, 0.3) is 0 Å². The lowest BCUT2D eigenvalue weighted by Crippen LogP contribution is -2.36. The third-order valence-corrected chi connectivity index (χ3v) is 7.70. The second-order valence-electron chi connectivity index (χ2n) is 8.70. The fourth-order valence-electron chi connectivity index (χ4n) is 4.09. The molecule has 2 amide bonds. The molecule has 1 aliphatic heterocycles. The van der Waals surface area contributed by atoms with E-state index in [4.69, 9.17) is 11.6 Å². The first kappa shape index (κ1) is 29.5. The van der Waals surface area contributed by atoms with Crippen LogP contribution in [0.2, 0.25) is 5.02 Å². The van der Waals surface area contributed by atoms with E-state index < -0.39 is 39.9 Å². The van der Waals surface area contributed by atoms with Gasteiger partial charge in [-0.1, -0.05) is 24.6 Å². The van der Waals surface area contributed by atoms with Crippen molar-refractivity contribution in [3.8, 4) is 0 Å². The lowest BCUT2D eigenvalue weighted by atomic mass is 9.78. The Balaban J connectivity index is 1.91. The minimum absolute atomic E-state index is 0.0442. The van der Waals surface area contributed by atoms with Crippen LogP contribution in [0.4, 0.5) is 36.8 Å². The Morgan fingerprint density at radius 1 is 1.08 bits per heavy atom. The summed E-state index contributed by atoms with van der Waals surface area (Å²) in [4.78, 5) is 13.0. The molecule has 0 bridgehead atoms. The number of thioether (sulfide) groups is 2. The number of amides is 2. The van der Waals surface area contributed by atoms with E-state index in [1.165, 1.54) is 24.5 Å². The van der Waals surface area contributed by atoms with Gasteiger partial charge in [-0.15, -0.1) is 11.8 Å². The van der Waals surface area contributed by atoms with E-state index >= 15 is 0 Å². The lowest BCUT2D eigenvalue weighted by Gasteiger charge is -2.26. The number of nitrogens with zero attached hydrogens (tertiary/aromatic N) is 2. The summed E-state index contributed by atoms with van der Waals surface area (Å²) in [6.45, 7) is 2.01. The number of rotatable bonds is 7. The van der Waals surface area contributed by atoms with E-state index in [0.29, 0.717) is 17.7 Å². The van der Waals surface area contributed by atoms with E-state index in [9.17, 15) is 31.1 Å². The van der Waals surface area contributed by atoms with E-state index in [0.717, 1.165) is 47.1 Å². The molecule has 0 saturated heterocycles. The summed E-state index contributed by atoms with van der Waals surface area (Å²) in [6.07, 6.45) is -4.31. The third-order valence-electron chi connectivity index (χ3n) is 5.91. The van der Waals surface area contributed by atoms with Crippen molar-refractivity contribution in [2.24, 2.45) is 10.5 Å². The van der Waals surface area contributed by atoms with Gasteiger partial charge in [0.05, 0.1) is 28.4 Å². The van der Waals surface area contributed by atoms with Gasteiger partial charge in [0.1, 0.15) is 0 Å². The zero-order valence-corrected chi connectivity index (χ0v) is 22.4. The van der Waals surface area contributed by atoms with Crippen molar-refractivity contribution in [1.29, 1.82) is 0 Å². The first-order valence-electron chi connectivity index (χ1n) is 11.0. The maximum atomic E-state index is 13.2. The summed E-state index contributed by atoms with van der Waals surface area (Å²) in [7, 11) is 0. The molecular weight excluding hydrogens is 560 g/mol. The van der Waals surface area contributed by atoms with Crippen molar-refractivity contribution in [2.75, 3.05) is 30.1 Å². The van der Waals surface area contributed by atoms with Gasteiger partial charge in [-0.2, -0.15) is 43.2 Å².